The normalized spacial score (nSPS) is 18.9. The van der Waals surface area contributed by atoms with Crippen molar-refractivity contribution < 1.29 is 19.1 Å². The molecule has 1 saturated heterocycles. The summed E-state index contributed by atoms with van der Waals surface area (Å²) < 4.78 is 10.9. The molecule has 2 amide bonds. The number of para-hydroxylation sites is 1. The molecule has 0 bridgehead atoms. The van der Waals surface area contributed by atoms with Gasteiger partial charge in [0.15, 0.2) is 0 Å². The van der Waals surface area contributed by atoms with Gasteiger partial charge in [-0.2, -0.15) is 0 Å². The molecular weight excluding hydrogens is 456 g/mol. The van der Waals surface area contributed by atoms with Gasteiger partial charge in [-0.05, 0) is 37.3 Å². The third kappa shape index (κ3) is 5.29. The van der Waals surface area contributed by atoms with Crippen LogP contribution in [0, 0.1) is 0 Å². The van der Waals surface area contributed by atoms with Crippen molar-refractivity contribution in [2.45, 2.75) is 13.0 Å². The van der Waals surface area contributed by atoms with E-state index in [1.165, 1.54) is 7.11 Å². The average Bonchev–Trinajstić information content (AvgIpc) is 2.85. The molecule has 1 fully saturated rings. The number of urea groups is 1. The molecule has 2 heterocycles. The molecule has 4 rings (SSSR count). The van der Waals surface area contributed by atoms with Gasteiger partial charge in [-0.1, -0.05) is 29.8 Å². The lowest BCUT2D eigenvalue weighted by molar-refractivity contribution is -0.136. The number of hydrogen-bond donors (Lipinski definition) is 2. The number of piperazine rings is 1. The van der Waals surface area contributed by atoms with Crippen molar-refractivity contribution in [3.63, 3.8) is 0 Å². The second-order valence-corrected chi connectivity index (χ2v) is 8.56. The summed E-state index contributed by atoms with van der Waals surface area (Å²) in [5.41, 5.74) is 2.77. The van der Waals surface area contributed by atoms with E-state index < -0.39 is 12.0 Å². The van der Waals surface area contributed by atoms with Crippen LogP contribution in [0.5, 0.6) is 5.75 Å². The highest BCUT2D eigenvalue weighted by Crippen LogP contribution is 2.34. The van der Waals surface area contributed by atoms with Crippen molar-refractivity contribution in [1.29, 1.82) is 0 Å². The molecule has 0 aliphatic carbocycles. The van der Waals surface area contributed by atoms with Crippen LogP contribution in [-0.2, 0) is 9.53 Å². The Balaban J connectivity index is 1.57. The standard InChI is InChI=1S/C25H29ClN4O4/c1-3-34-21-7-5-4-6-19(21)23-22(24(31)33-2)20(27-25(32)28-23)16-29-12-14-30(15-13-29)18-10-8-17(26)9-11-18/h4-11,23H,3,12-16H2,1-2H3,(H2,27,28,32)/t23-/m0/s1. The highest BCUT2D eigenvalue weighted by atomic mass is 35.5. The minimum absolute atomic E-state index is 0.362. The van der Waals surface area contributed by atoms with Crippen LogP contribution in [0.3, 0.4) is 0 Å². The number of carbonyl (C=O) groups excluding carboxylic acids is 2. The van der Waals surface area contributed by atoms with Gasteiger partial charge in [-0.3, -0.25) is 4.90 Å². The summed E-state index contributed by atoms with van der Waals surface area (Å²) in [6.45, 7) is 6.01. The zero-order valence-corrected chi connectivity index (χ0v) is 20.1. The molecule has 0 saturated carbocycles. The topological polar surface area (TPSA) is 83.1 Å². The third-order valence-electron chi connectivity index (χ3n) is 6.03. The molecule has 9 heteroatoms. The molecule has 2 aliphatic rings. The van der Waals surface area contributed by atoms with E-state index in [-0.39, 0.29) is 6.03 Å². The first-order chi connectivity index (χ1) is 16.5. The van der Waals surface area contributed by atoms with Gasteiger partial charge in [0.25, 0.3) is 0 Å². The summed E-state index contributed by atoms with van der Waals surface area (Å²) in [7, 11) is 1.35. The zero-order chi connectivity index (χ0) is 24.1. The first-order valence-corrected chi connectivity index (χ1v) is 11.7. The molecule has 0 unspecified atom stereocenters. The fraction of sp³-hybridized carbons (Fsp3) is 0.360. The van der Waals surface area contributed by atoms with Crippen LogP contribution in [0.2, 0.25) is 5.02 Å². The van der Waals surface area contributed by atoms with E-state index in [4.69, 9.17) is 21.1 Å². The third-order valence-corrected chi connectivity index (χ3v) is 6.29. The molecule has 2 aromatic rings. The van der Waals surface area contributed by atoms with Crippen molar-refractivity contribution in [3.8, 4) is 5.75 Å². The summed E-state index contributed by atoms with van der Waals surface area (Å²) in [5, 5.41) is 6.43. The van der Waals surface area contributed by atoms with E-state index in [1.807, 2.05) is 55.5 Å². The number of amides is 2. The predicted molar refractivity (Wildman–Crippen MR) is 131 cm³/mol. The van der Waals surface area contributed by atoms with Gasteiger partial charge >= 0.3 is 12.0 Å². The predicted octanol–water partition coefficient (Wildman–Crippen LogP) is 3.34. The Morgan fingerprint density at radius 3 is 2.47 bits per heavy atom. The fourth-order valence-electron chi connectivity index (χ4n) is 4.37. The number of rotatable bonds is 7. The van der Waals surface area contributed by atoms with Crippen LogP contribution in [-0.4, -0.2) is 63.3 Å². The van der Waals surface area contributed by atoms with E-state index in [0.29, 0.717) is 40.8 Å². The number of nitrogens with one attached hydrogen (secondary N) is 2. The number of anilines is 1. The first kappa shape index (κ1) is 23.9. The summed E-state index contributed by atoms with van der Waals surface area (Å²) in [6, 6.07) is 14.2. The smallest absolute Gasteiger partial charge is 0.338 e. The Morgan fingerprint density at radius 1 is 1.09 bits per heavy atom. The molecule has 0 spiro atoms. The highest BCUT2D eigenvalue weighted by Gasteiger charge is 2.35. The molecule has 2 aromatic carbocycles. The molecule has 180 valence electrons. The van der Waals surface area contributed by atoms with E-state index in [1.54, 1.807) is 0 Å². The SMILES string of the molecule is CCOc1ccccc1[C@@H]1NC(=O)NC(CN2CCN(c3ccc(Cl)cc3)CC2)=C1C(=O)OC. The average molecular weight is 485 g/mol. The van der Waals surface area contributed by atoms with Crippen LogP contribution in [0.4, 0.5) is 10.5 Å². The first-order valence-electron chi connectivity index (χ1n) is 11.3. The number of carbonyl (C=O) groups is 2. The minimum Gasteiger partial charge on any atom is -0.494 e. The van der Waals surface area contributed by atoms with E-state index in [9.17, 15) is 9.59 Å². The molecule has 1 atom stereocenters. The van der Waals surface area contributed by atoms with Crippen molar-refractivity contribution in [2.24, 2.45) is 0 Å². The van der Waals surface area contributed by atoms with Crippen molar-refractivity contribution in [3.05, 3.63) is 70.4 Å². The fourth-order valence-corrected chi connectivity index (χ4v) is 4.50. The van der Waals surface area contributed by atoms with Gasteiger partial charge in [0.05, 0.1) is 25.3 Å². The maximum Gasteiger partial charge on any atom is 0.338 e. The number of esters is 1. The van der Waals surface area contributed by atoms with Crippen LogP contribution < -0.4 is 20.3 Å². The number of benzene rings is 2. The summed E-state index contributed by atoms with van der Waals surface area (Å²) in [5.74, 6) is 0.133. The molecule has 0 aromatic heterocycles. The van der Waals surface area contributed by atoms with E-state index >= 15 is 0 Å². The lowest BCUT2D eigenvalue weighted by Gasteiger charge is -2.38. The van der Waals surface area contributed by atoms with Gasteiger partial charge < -0.3 is 25.0 Å². The molecule has 2 aliphatic heterocycles. The molecule has 34 heavy (non-hydrogen) atoms. The minimum atomic E-state index is -0.672. The molecule has 0 radical (unpaired) electrons. The van der Waals surface area contributed by atoms with Crippen LogP contribution in [0.15, 0.2) is 59.8 Å². The van der Waals surface area contributed by atoms with Crippen LogP contribution in [0.25, 0.3) is 0 Å². The Kier molecular flexibility index (Phi) is 7.59. The molecular formula is C25H29ClN4O4. The second kappa shape index (κ2) is 10.8. The molecule has 8 nitrogen and oxygen atoms in total. The van der Waals surface area contributed by atoms with E-state index in [0.717, 1.165) is 31.9 Å². The lowest BCUT2D eigenvalue weighted by atomic mass is 9.94. The Hall–Kier alpha value is -3.23. The maximum absolute atomic E-state index is 12.9. The lowest BCUT2D eigenvalue weighted by Crippen LogP contribution is -2.51. The zero-order valence-electron chi connectivity index (χ0n) is 19.3. The maximum atomic E-state index is 12.9. The van der Waals surface area contributed by atoms with Gasteiger partial charge in [0.2, 0.25) is 0 Å². The monoisotopic (exact) mass is 484 g/mol. The van der Waals surface area contributed by atoms with Gasteiger partial charge in [0, 0.05) is 54.7 Å². The van der Waals surface area contributed by atoms with Gasteiger partial charge in [0.1, 0.15) is 5.75 Å². The molecule has 2 N–H and O–H groups in total. The Labute approximate surface area is 204 Å². The number of nitrogens with zero attached hydrogens (tertiary/aromatic N) is 2. The number of halogens is 1. The summed E-state index contributed by atoms with van der Waals surface area (Å²) in [4.78, 5) is 30.0. The second-order valence-electron chi connectivity index (χ2n) is 8.13. The highest BCUT2D eigenvalue weighted by molar-refractivity contribution is 6.30. The van der Waals surface area contributed by atoms with Crippen molar-refractivity contribution in [2.75, 3.05) is 51.3 Å². The van der Waals surface area contributed by atoms with Crippen molar-refractivity contribution in [1.82, 2.24) is 15.5 Å². The van der Waals surface area contributed by atoms with Crippen LogP contribution in [0.1, 0.15) is 18.5 Å². The summed E-state index contributed by atoms with van der Waals surface area (Å²) >= 11 is 6.01. The summed E-state index contributed by atoms with van der Waals surface area (Å²) in [6.07, 6.45) is 0. The van der Waals surface area contributed by atoms with E-state index in [2.05, 4.69) is 20.4 Å². The quantitative estimate of drug-likeness (QED) is 0.586. The number of ether oxygens (including phenoxy) is 2. The van der Waals surface area contributed by atoms with Gasteiger partial charge in [-0.25, -0.2) is 9.59 Å². The largest absolute Gasteiger partial charge is 0.494 e. The Bertz CT molecular complexity index is 1060. The number of hydrogen-bond acceptors (Lipinski definition) is 6. The van der Waals surface area contributed by atoms with Crippen LogP contribution >= 0.6 is 11.6 Å². The number of methoxy groups -OCH3 is 1. The Morgan fingerprint density at radius 2 is 1.79 bits per heavy atom. The van der Waals surface area contributed by atoms with Crippen molar-refractivity contribution >= 4 is 29.3 Å². The van der Waals surface area contributed by atoms with Gasteiger partial charge in [-0.15, -0.1) is 0 Å².